The second kappa shape index (κ2) is 19.0. The van der Waals surface area contributed by atoms with Gasteiger partial charge in [0.25, 0.3) is 0 Å². The SMILES string of the molecule is C=CC(CCc1ccccc1)NC(=C)CNC(=C)C(CC(C)C)NC(=C)CCc1ccccc1.CC(C)C. The van der Waals surface area contributed by atoms with Gasteiger partial charge in [-0.2, -0.15) is 0 Å². The van der Waals surface area contributed by atoms with E-state index < -0.39 is 0 Å². The molecular weight excluding hydrogens is 462 g/mol. The van der Waals surface area contributed by atoms with Crippen molar-refractivity contribution in [2.45, 2.75) is 78.8 Å². The lowest BCUT2D eigenvalue weighted by Gasteiger charge is -2.27. The van der Waals surface area contributed by atoms with Crippen molar-refractivity contribution in [3.63, 3.8) is 0 Å². The van der Waals surface area contributed by atoms with Gasteiger partial charge in [0.15, 0.2) is 0 Å². The zero-order chi connectivity index (χ0) is 28.3. The van der Waals surface area contributed by atoms with Crippen LogP contribution < -0.4 is 16.0 Å². The standard InChI is InChI=1S/C31H43N3.C4H10/c1-7-30(21-20-29-16-12-9-13-17-29)33-26(5)23-32-27(6)31(22-24(2)3)34-25(4)18-19-28-14-10-8-11-15-28;1-4(2)3/h7-17,24,30-34H,1,4-6,18-23H2,2-3H3;4H,1-3H3. The van der Waals surface area contributed by atoms with E-state index in [0.717, 1.165) is 55.1 Å². The van der Waals surface area contributed by atoms with Crippen LogP contribution in [0.5, 0.6) is 0 Å². The molecule has 2 rings (SSSR count). The Hall–Kier alpha value is -3.20. The molecule has 0 aromatic heterocycles. The van der Waals surface area contributed by atoms with E-state index in [0.29, 0.717) is 12.5 Å². The molecule has 0 aliphatic rings. The molecule has 0 radical (unpaired) electrons. The molecule has 38 heavy (non-hydrogen) atoms. The monoisotopic (exact) mass is 515 g/mol. The number of aryl methyl sites for hydroxylation is 2. The summed E-state index contributed by atoms with van der Waals surface area (Å²) in [6.07, 6.45) is 6.82. The lowest BCUT2D eigenvalue weighted by Crippen LogP contribution is -2.39. The van der Waals surface area contributed by atoms with Crippen molar-refractivity contribution >= 4 is 0 Å². The maximum absolute atomic E-state index is 4.32. The predicted octanol–water partition coefficient (Wildman–Crippen LogP) is 8.19. The van der Waals surface area contributed by atoms with Crippen molar-refractivity contribution in [2.75, 3.05) is 6.54 Å². The number of hydrogen-bond donors (Lipinski definition) is 3. The fourth-order valence-corrected chi connectivity index (χ4v) is 3.89. The van der Waals surface area contributed by atoms with Gasteiger partial charge < -0.3 is 16.0 Å². The molecule has 3 nitrogen and oxygen atoms in total. The van der Waals surface area contributed by atoms with E-state index in [4.69, 9.17) is 0 Å². The predicted molar refractivity (Wildman–Crippen MR) is 169 cm³/mol. The molecular formula is C35H53N3. The number of hydrogen-bond acceptors (Lipinski definition) is 3. The molecule has 0 amide bonds. The van der Waals surface area contributed by atoms with Gasteiger partial charge in [0.2, 0.25) is 0 Å². The lowest BCUT2D eigenvalue weighted by atomic mass is 10.0. The molecule has 0 aliphatic heterocycles. The van der Waals surface area contributed by atoms with Gasteiger partial charge >= 0.3 is 0 Å². The second-order valence-electron chi connectivity index (χ2n) is 11.1. The largest absolute Gasteiger partial charge is 0.382 e. The van der Waals surface area contributed by atoms with Gasteiger partial charge in [0, 0.05) is 23.1 Å². The van der Waals surface area contributed by atoms with Crippen molar-refractivity contribution in [1.82, 2.24) is 16.0 Å². The van der Waals surface area contributed by atoms with Gasteiger partial charge in [-0.05, 0) is 55.1 Å². The van der Waals surface area contributed by atoms with Gasteiger partial charge in [0.1, 0.15) is 0 Å². The van der Waals surface area contributed by atoms with Gasteiger partial charge in [-0.25, -0.2) is 0 Å². The normalized spacial score (nSPS) is 12.1. The summed E-state index contributed by atoms with van der Waals surface area (Å²) in [6.45, 7) is 28.4. The van der Waals surface area contributed by atoms with Gasteiger partial charge in [-0.1, -0.05) is 121 Å². The van der Waals surface area contributed by atoms with Crippen LogP contribution in [0.15, 0.2) is 110 Å². The number of benzene rings is 2. The minimum Gasteiger partial charge on any atom is -0.382 e. The minimum absolute atomic E-state index is 0.129. The average Bonchev–Trinajstić information content (AvgIpc) is 2.88. The van der Waals surface area contributed by atoms with E-state index in [1.54, 1.807) is 0 Å². The number of nitrogens with one attached hydrogen (secondary N) is 3. The summed E-state index contributed by atoms with van der Waals surface area (Å²) >= 11 is 0. The van der Waals surface area contributed by atoms with E-state index in [-0.39, 0.29) is 12.1 Å². The highest BCUT2D eigenvalue weighted by molar-refractivity contribution is 5.18. The van der Waals surface area contributed by atoms with Crippen LogP contribution in [0.25, 0.3) is 0 Å². The van der Waals surface area contributed by atoms with Crippen molar-refractivity contribution in [3.05, 3.63) is 121 Å². The molecule has 0 saturated carbocycles. The first-order valence-corrected chi connectivity index (χ1v) is 14.1. The lowest BCUT2D eigenvalue weighted by molar-refractivity contribution is 0.464. The second-order valence-corrected chi connectivity index (χ2v) is 11.1. The molecule has 2 aromatic carbocycles. The average molecular weight is 516 g/mol. The molecule has 2 aromatic rings. The molecule has 0 fully saturated rings. The summed E-state index contributed by atoms with van der Waals surface area (Å²) in [5.74, 6) is 1.38. The van der Waals surface area contributed by atoms with Crippen LogP contribution in [-0.4, -0.2) is 18.6 Å². The highest BCUT2D eigenvalue weighted by Crippen LogP contribution is 2.14. The molecule has 0 heterocycles. The summed E-state index contributed by atoms with van der Waals surface area (Å²) in [5, 5.41) is 10.6. The molecule has 3 heteroatoms. The molecule has 2 atom stereocenters. The molecule has 0 aliphatic carbocycles. The Morgan fingerprint density at radius 1 is 0.763 bits per heavy atom. The fraction of sp³-hybridized carbons (Fsp3) is 0.429. The molecule has 2 unspecified atom stereocenters. The van der Waals surface area contributed by atoms with E-state index >= 15 is 0 Å². The van der Waals surface area contributed by atoms with E-state index in [1.807, 2.05) is 18.2 Å². The van der Waals surface area contributed by atoms with Gasteiger partial charge in [-0.15, -0.1) is 6.58 Å². The number of allylic oxidation sites excluding steroid dienone is 1. The van der Waals surface area contributed by atoms with Crippen LogP contribution in [0.1, 0.15) is 65.0 Å². The van der Waals surface area contributed by atoms with Crippen LogP contribution in [0.2, 0.25) is 0 Å². The van der Waals surface area contributed by atoms with Crippen molar-refractivity contribution in [1.29, 1.82) is 0 Å². The highest BCUT2D eigenvalue weighted by atomic mass is 15.0. The van der Waals surface area contributed by atoms with Crippen LogP contribution in [-0.2, 0) is 12.8 Å². The smallest absolute Gasteiger partial charge is 0.0653 e. The first kappa shape index (κ1) is 32.8. The van der Waals surface area contributed by atoms with Crippen molar-refractivity contribution < 1.29 is 0 Å². The Morgan fingerprint density at radius 2 is 1.29 bits per heavy atom. The van der Waals surface area contributed by atoms with Crippen LogP contribution in [0.4, 0.5) is 0 Å². The summed E-state index contributed by atoms with van der Waals surface area (Å²) < 4.78 is 0. The van der Waals surface area contributed by atoms with Gasteiger partial charge in [-0.3, -0.25) is 0 Å². The third-order valence-electron chi connectivity index (χ3n) is 5.85. The molecule has 208 valence electrons. The third kappa shape index (κ3) is 15.8. The zero-order valence-corrected chi connectivity index (χ0v) is 24.7. The topological polar surface area (TPSA) is 36.1 Å². The van der Waals surface area contributed by atoms with Crippen LogP contribution >= 0.6 is 0 Å². The maximum Gasteiger partial charge on any atom is 0.0653 e. The van der Waals surface area contributed by atoms with E-state index in [2.05, 4.69) is 125 Å². The molecule has 0 spiro atoms. The Balaban J connectivity index is 0.00000168. The first-order valence-electron chi connectivity index (χ1n) is 14.1. The Kier molecular flexibility index (Phi) is 16.4. The van der Waals surface area contributed by atoms with Crippen molar-refractivity contribution in [2.24, 2.45) is 11.8 Å². The summed E-state index contributed by atoms with van der Waals surface area (Å²) in [5.41, 5.74) is 5.61. The Morgan fingerprint density at radius 3 is 1.79 bits per heavy atom. The van der Waals surface area contributed by atoms with Crippen molar-refractivity contribution in [3.8, 4) is 0 Å². The molecule has 3 N–H and O–H groups in total. The minimum atomic E-state index is 0.129. The van der Waals surface area contributed by atoms with Gasteiger partial charge in [0.05, 0.1) is 12.6 Å². The highest BCUT2D eigenvalue weighted by Gasteiger charge is 2.15. The molecule has 0 bridgehead atoms. The Labute approximate surface area is 234 Å². The first-order chi connectivity index (χ1) is 18.1. The maximum atomic E-state index is 4.32. The third-order valence-corrected chi connectivity index (χ3v) is 5.85. The van der Waals surface area contributed by atoms with Crippen LogP contribution in [0.3, 0.4) is 0 Å². The number of rotatable bonds is 17. The summed E-state index contributed by atoms with van der Waals surface area (Å²) in [7, 11) is 0. The fourth-order valence-electron chi connectivity index (χ4n) is 3.89. The Bertz CT molecular complexity index is 941. The summed E-state index contributed by atoms with van der Waals surface area (Å²) in [4.78, 5) is 0. The van der Waals surface area contributed by atoms with E-state index in [1.165, 1.54) is 11.1 Å². The van der Waals surface area contributed by atoms with Crippen LogP contribution in [0, 0.1) is 11.8 Å². The summed E-state index contributed by atoms with van der Waals surface area (Å²) in [6, 6.07) is 21.4. The van der Waals surface area contributed by atoms with E-state index in [9.17, 15) is 0 Å². The molecule has 0 saturated heterocycles. The zero-order valence-electron chi connectivity index (χ0n) is 24.7. The quantitative estimate of drug-likeness (QED) is 0.186.